The summed E-state index contributed by atoms with van der Waals surface area (Å²) in [5, 5.41) is 8.97. The van der Waals surface area contributed by atoms with Crippen LogP contribution in [0.5, 0.6) is 0 Å². The summed E-state index contributed by atoms with van der Waals surface area (Å²) in [5.41, 5.74) is 3.53. The van der Waals surface area contributed by atoms with Crippen LogP contribution >= 0.6 is 0 Å². The monoisotopic (exact) mass is 204 g/mol. The van der Waals surface area contributed by atoms with Crippen molar-refractivity contribution in [3.63, 3.8) is 0 Å². The molecule has 1 aliphatic rings. The summed E-state index contributed by atoms with van der Waals surface area (Å²) in [4.78, 5) is 10.9. The van der Waals surface area contributed by atoms with Crippen molar-refractivity contribution in [1.29, 1.82) is 0 Å². The third-order valence-corrected chi connectivity index (χ3v) is 3.70. The molecule has 1 aliphatic carbocycles. The van der Waals surface area contributed by atoms with E-state index in [1.54, 1.807) is 0 Å². The topological polar surface area (TPSA) is 37.3 Å². The molecule has 15 heavy (non-hydrogen) atoms. The largest absolute Gasteiger partial charge is 0.481 e. The van der Waals surface area contributed by atoms with Crippen LogP contribution in [0, 0.1) is 19.8 Å². The van der Waals surface area contributed by atoms with Crippen LogP contribution < -0.4 is 0 Å². The molecule has 1 aromatic carbocycles. The Kier molecular flexibility index (Phi) is 2.10. The van der Waals surface area contributed by atoms with Gasteiger partial charge in [-0.3, -0.25) is 4.79 Å². The Balaban J connectivity index is 2.32. The van der Waals surface area contributed by atoms with E-state index in [1.165, 1.54) is 11.1 Å². The van der Waals surface area contributed by atoms with E-state index in [9.17, 15) is 4.79 Å². The molecule has 2 nitrogen and oxygen atoms in total. The Morgan fingerprint density at radius 3 is 2.53 bits per heavy atom. The SMILES string of the molecule is Cc1ccc(C2(C)CC2C(=O)O)cc1C. The van der Waals surface area contributed by atoms with Gasteiger partial charge in [-0.25, -0.2) is 0 Å². The van der Waals surface area contributed by atoms with E-state index >= 15 is 0 Å². The molecule has 0 heterocycles. The number of aryl methyl sites for hydroxylation is 2. The second-order valence-corrected chi connectivity index (χ2v) is 4.81. The number of carbonyl (C=O) groups is 1. The summed E-state index contributed by atoms with van der Waals surface area (Å²) < 4.78 is 0. The number of carboxylic acids is 1. The average Bonchev–Trinajstić information content (AvgIpc) is 2.84. The maximum Gasteiger partial charge on any atom is 0.307 e. The Bertz CT molecular complexity index is 423. The van der Waals surface area contributed by atoms with Crippen LogP contribution in [0.1, 0.15) is 30.0 Å². The van der Waals surface area contributed by atoms with Gasteiger partial charge in [0.1, 0.15) is 0 Å². The summed E-state index contributed by atoms with van der Waals surface area (Å²) in [7, 11) is 0. The van der Waals surface area contributed by atoms with Gasteiger partial charge in [-0.2, -0.15) is 0 Å². The Morgan fingerprint density at radius 2 is 2.07 bits per heavy atom. The van der Waals surface area contributed by atoms with Crippen LogP contribution in [0.15, 0.2) is 18.2 Å². The van der Waals surface area contributed by atoms with E-state index in [1.807, 2.05) is 6.92 Å². The summed E-state index contributed by atoms with van der Waals surface area (Å²) in [6.07, 6.45) is 0.769. The molecular weight excluding hydrogens is 188 g/mol. The lowest BCUT2D eigenvalue weighted by molar-refractivity contribution is -0.138. The first kappa shape index (κ1) is 10.2. The van der Waals surface area contributed by atoms with Crippen molar-refractivity contribution >= 4 is 5.97 Å². The second kappa shape index (κ2) is 3.09. The molecule has 2 atom stereocenters. The predicted molar refractivity (Wildman–Crippen MR) is 59.0 cm³/mol. The zero-order valence-corrected chi connectivity index (χ0v) is 9.37. The lowest BCUT2D eigenvalue weighted by Gasteiger charge is -2.12. The fourth-order valence-electron chi connectivity index (χ4n) is 2.14. The molecule has 0 amide bonds. The van der Waals surface area contributed by atoms with Crippen molar-refractivity contribution in [2.24, 2.45) is 5.92 Å². The molecule has 0 spiro atoms. The minimum absolute atomic E-state index is 0.135. The fourth-order valence-corrected chi connectivity index (χ4v) is 2.14. The maximum absolute atomic E-state index is 10.9. The molecule has 0 radical (unpaired) electrons. The number of aliphatic carboxylic acids is 1. The van der Waals surface area contributed by atoms with Gasteiger partial charge in [0.05, 0.1) is 5.92 Å². The molecule has 0 bridgehead atoms. The molecule has 2 unspecified atom stereocenters. The highest BCUT2D eigenvalue weighted by molar-refractivity contribution is 5.77. The van der Waals surface area contributed by atoms with Gasteiger partial charge in [-0.1, -0.05) is 25.1 Å². The molecule has 1 fully saturated rings. The summed E-state index contributed by atoms with van der Waals surface area (Å²) >= 11 is 0. The molecule has 0 aliphatic heterocycles. The minimum atomic E-state index is -0.671. The molecule has 2 heteroatoms. The predicted octanol–water partition coefficient (Wildman–Crippen LogP) is 2.67. The Morgan fingerprint density at radius 1 is 1.40 bits per heavy atom. The lowest BCUT2D eigenvalue weighted by atomic mass is 9.92. The highest BCUT2D eigenvalue weighted by atomic mass is 16.4. The fraction of sp³-hybridized carbons (Fsp3) is 0.462. The van der Waals surface area contributed by atoms with Crippen LogP contribution in [-0.2, 0) is 10.2 Å². The molecule has 1 saturated carbocycles. The number of hydrogen-bond donors (Lipinski definition) is 1. The van der Waals surface area contributed by atoms with Crippen molar-refractivity contribution in [2.45, 2.75) is 32.6 Å². The van der Waals surface area contributed by atoms with E-state index in [0.29, 0.717) is 0 Å². The Hall–Kier alpha value is -1.31. The van der Waals surface area contributed by atoms with Crippen molar-refractivity contribution in [2.75, 3.05) is 0 Å². The van der Waals surface area contributed by atoms with Crippen LogP contribution in [0.3, 0.4) is 0 Å². The van der Waals surface area contributed by atoms with Gasteiger partial charge in [0.15, 0.2) is 0 Å². The molecule has 0 aromatic heterocycles. The first-order chi connectivity index (χ1) is 6.95. The molecular formula is C13H16O2. The van der Waals surface area contributed by atoms with Crippen molar-refractivity contribution < 1.29 is 9.90 Å². The zero-order valence-electron chi connectivity index (χ0n) is 9.37. The molecule has 2 rings (SSSR count). The van der Waals surface area contributed by atoms with Crippen LogP contribution in [-0.4, -0.2) is 11.1 Å². The van der Waals surface area contributed by atoms with E-state index in [0.717, 1.165) is 12.0 Å². The minimum Gasteiger partial charge on any atom is -0.481 e. The first-order valence-corrected chi connectivity index (χ1v) is 5.25. The highest BCUT2D eigenvalue weighted by Crippen LogP contribution is 2.54. The standard InChI is InChI=1S/C13H16O2/c1-8-4-5-10(6-9(8)2)13(3)7-11(13)12(14)15/h4-6,11H,7H2,1-3H3,(H,14,15). The number of carboxylic acid groups (broad SMARTS) is 1. The van der Waals surface area contributed by atoms with Gasteiger partial charge in [0.2, 0.25) is 0 Å². The number of benzene rings is 1. The second-order valence-electron chi connectivity index (χ2n) is 4.81. The van der Waals surface area contributed by atoms with Gasteiger partial charge >= 0.3 is 5.97 Å². The normalized spacial score (nSPS) is 28.9. The number of hydrogen-bond acceptors (Lipinski definition) is 1. The smallest absolute Gasteiger partial charge is 0.307 e. The zero-order chi connectivity index (χ0) is 11.2. The highest BCUT2D eigenvalue weighted by Gasteiger charge is 2.55. The van der Waals surface area contributed by atoms with E-state index in [2.05, 4.69) is 32.0 Å². The average molecular weight is 204 g/mol. The van der Waals surface area contributed by atoms with Gasteiger partial charge in [-0.15, -0.1) is 0 Å². The maximum atomic E-state index is 10.9. The van der Waals surface area contributed by atoms with E-state index in [4.69, 9.17) is 5.11 Å². The van der Waals surface area contributed by atoms with Crippen LogP contribution in [0.25, 0.3) is 0 Å². The van der Waals surface area contributed by atoms with Crippen LogP contribution in [0.2, 0.25) is 0 Å². The molecule has 0 saturated heterocycles. The van der Waals surface area contributed by atoms with Gasteiger partial charge in [-0.05, 0) is 37.0 Å². The van der Waals surface area contributed by atoms with Crippen molar-refractivity contribution in [1.82, 2.24) is 0 Å². The first-order valence-electron chi connectivity index (χ1n) is 5.25. The van der Waals surface area contributed by atoms with Crippen molar-refractivity contribution in [3.05, 3.63) is 34.9 Å². The summed E-state index contributed by atoms with van der Waals surface area (Å²) in [6, 6.07) is 6.26. The van der Waals surface area contributed by atoms with Crippen molar-refractivity contribution in [3.8, 4) is 0 Å². The lowest BCUT2D eigenvalue weighted by Crippen LogP contribution is -2.11. The quantitative estimate of drug-likeness (QED) is 0.804. The van der Waals surface area contributed by atoms with Crippen LogP contribution in [0.4, 0.5) is 0 Å². The summed E-state index contributed by atoms with van der Waals surface area (Å²) in [6.45, 7) is 6.18. The van der Waals surface area contributed by atoms with Gasteiger partial charge in [0, 0.05) is 5.41 Å². The summed E-state index contributed by atoms with van der Waals surface area (Å²) in [5.74, 6) is -0.865. The molecule has 1 aromatic rings. The van der Waals surface area contributed by atoms with E-state index in [-0.39, 0.29) is 11.3 Å². The Labute approximate surface area is 89.9 Å². The third kappa shape index (κ3) is 1.54. The van der Waals surface area contributed by atoms with Gasteiger partial charge < -0.3 is 5.11 Å². The molecule has 80 valence electrons. The van der Waals surface area contributed by atoms with Gasteiger partial charge in [0.25, 0.3) is 0 Å². The molecule has 1 N–H and O–H groups in total. The number of rotatable bonds is 2. The third-order valence-electron chi connectivity index (χ3n) is 3.70. The van der Waals surface area contributed by atoms with E-state index < -0.39 is 5.97 Å².